The molecule has 0 fully saturated rings. The van der Waals surface area contributed by atoms with Gasteiger partial charge in [-0.2, -0.15) is 0 Å². The number of hydrogen-bond donors (Lipinski definition) is 0. The summed E-state index contributed by atoms with van der Waals surface area (Å²) >= 11 is 0. The lowest BCUT2D eigenvalue weighted by Gasteiger charge is -2.16. The lowest BCUT2D eigenvalue weighted by molar-refractivity contribution is 0.101. The minimum absolute atomic E-state index is 0.00549. The van der Waals surface area contributed by atoms with Crippen molar-refractivity contribution in [1.29, 1.82) is 0 Å². The average Bonchev–Trinajstić information content (AvgIpc) is 2.60. The fourth-order valence-electron chi connectivity index (χ4n) is 2.59. The van der Waals surface area contributed by atoms with Crippen LogP contribution in [0.5, 0.6) is 0 Å². The Morgan fingerprint density at radius 3 is 2.77 bits per heavy atom. The van der Waals surface area contributed by atoms with Gasteiger partial charge in [-0.3, -0.25) is 14.8 Å². The second-order valence-electron chi connectivity index (χ2n) is 5.16. The van der Waals surface area contributed by atoms with Crippen molar-refractivity contribution >= 4 is 12.0 Å². The highest BCUT2D eigenvalue weighted by Crippen LogP contribution is 2.25. The molecule has 0 saturated heterocycles. The van der Waals surface area contributed by atoms with Crippen molar-refractivity contribution in [2.75, 3.05) is 0 Å². The van der Waals surface area contributed by atoms with Crippen LogP contribution in [0, 0.1) is 5.92 Å². The lowest BCUT2D eigenvalue weighted by atomic mass is 9.92. The maximum Gasteiger partial charge on any atom is 0.209 e. The molecule has 2 heterocycles. The van der Waals surface area contributed by atoms with Gasteiger partial charge in [-0.1, -0.05) is 26.8 Å². The minimum Gasteiger partial charge on any atom is -0.287 e. The number of aliphatic imine (C=N–C) groups is 1. The fourth-order valence-corrected chi connectivity index (χ4v) is 2.59. The van der Waals surface area contributed by atoms with Crippen LogP contribution in [0.1, 0.15) is 56.2 Å². The largest absolute Gasteiger partial charge is 0.287 e. The number of nitrogens with zero attached hydrogens (tertiary/aromatic N) is 3. The van der Waals surface area contributed by atoms with E-state index in [1.165, 1.54) is 0 Å². The topological polar surface area (TPSA) is 55.2 Å². The summed E-state index contributed by atoms with van der Waals surface area (Å²) in [7, 11) is 0. The van der Waals surface area contributed by atoms with Crippen LogP contribution < -0.4 is 0 Å². The number of carbonyl (C=O) groups is 1. The number of ketones is 1. The minimum atomic E-state index is -0.00549. The first-order valence-corrected chi connectivity index (χ1v) is 8.07. The predicted octanol–water partition coefficient (Wildman–Crippen LogP) is 3.94. The van der Waals surface area contributed by atoms with Crippen molar-refractivity contribution < 1.29 is 4.79 Å². The van der Waals surface area contributed by atoms with Gasteiger partial charge in [0, 0.05) is 24.2 Å². The number of carbonyl (C=O) groups excluding carboxylic acids is 1. The second kappa shape index (κ2) is 7.78. The van der Waals surface area contributed by atoms with Crippen LogP contribution in [0.25, 0.3) is 0 Å². The molecule has 2 aliphatic rings. The maximum atomic E-state index is 12.4. The number of aryl methyl sites for hydroxylation is 1. The monoisotopic (exact) mass is 297 g/mol. The number of Topliss-reactive ketones (excluding diaryl/α,β-unsaturated/α-hetero) is 1. The molecule has 4 heteroatoms. The van der Waals surface area contributed by atoms with Gasteiger partial charge in [0.1, 0.15) is 5.69 Å². The second-order valence-corrected chi connectivity index (χ2v) is 5.16. The van der Waals surface area contributed by atoms with Crippen LogP contribution in [0.2, 0.25) is 0 Å². The van der Waals surface area contributed by atoms with E-state index < -0.39 is 0 Å². The summed E-state index contributed by atoms with van der Waals surface area (Å²) in [6.45, 7) is 6.17. The van der Waals surface area contributed by atoms with Crippen molar-refractivity contribution in [1.82, 2.24) is 9.97 Å². The molecule has 1 aromatic heterocycles. The van der Waals surface area contributed by atoms with Gasteiger partial charge in [0.2, 0.25) is 5.78 Å². The Balaban J connectivity index is 0.000000847. The molecule has 0 amide bonds. The number of hydrogen-bond acceptors (Lipinski definition) is 4. The summed E-state index contributed by atoms with van der Waals surface area (Å²) in [5.41, 5.74) is 3.00. The Kier molecular flexibility index (Phi) is 5.75. The summed E-state index contributed by atoms with van der Waals surface area (Å²) < 4.78 is 0. The first kappa shape index (κ1) is 16.3. The molecule has 4 nitrogen and oxygen atoms in total. The zero-order valence-corrected chi connectivity index (χ0v) is 13.5. The zero-order valence-electron chi connectivity index (χ0n) is 13.5. The number of aromatic nitrogens is 2. The molecule has 1 aromatic rings. The van der Waals surface area contributed by atoms with Gasteiger partial charge in [-0.25, -0.2) is 4.98 Å². The van der Waals surface area contributed by atoms with Crippen molar-refractivity contribution in [3.63, 3.8) is 0 Å². The molecule has 0 spiro atoms. The third-order valence-corrected chi connectivity index (χ3v) is 3.81. The zero-order chi connectivity index (χ0) is 15.9. The third kappa shape index (κ3) is 3.56. The van der Waals surface area contributed by atoms with Crippen molar-refractivity contribution in [3.05, 3.63) is 47.2 Å². The highest BCUT2D eigenvalue weighted by atomic mass is 16.1. The van der Waals surface area contributed by atoms with Gasteiger partial charge in [-0.15, -0.1) is 0 Å². The van der Waals surface area contributed by atoms with Crippen LogP contribution in [0.3, 0.4) is 0 Å². The molecule has 0 radical (unpaired) electrons. The SMILES string of the molecule is CC.CCC1C=C(/C=C2\CCc3nccnc3C2=O)N=CC1. The Bertz CT molecular complexity index is 629. The van der Waals surface area contributed by atoms with Crippen molar-refractivity contribution in [2.24, 2.45) is 10.9 Å². The van der Waals surface area contributed by atoms with E-state index in [1.807, 2.05) is 26.1 Å². The van der Waals surface area contributed by atoms with E-state index in [9.17, 15) is 4.79 Å². The highest BCUT2D eigenvalue weighted by molar-refractivity contribution is 6.09. The number of fused-ring (bicyclic) bond motifs is 1. The first-order chi connectivity index (χ1) is 10.8. The predicted molar refractivity (Wildman–Crippen MR) is 89.1 cm³/mol. The standard InChI is InChI=1S/C16H17N3O.C2H6/c1-2-11-5-6-17-13(9-11)10-12-3-4-14-15(16(12)20)19-8-7-18-14;1-2/h6-11H,2-5H2,1H3;1-2H3/b12-10+;. The summed E-state index contributed by atoms with van der Waals surface area (Å²) in [6, 6.07) is 0. The van der Waals surface area contributed by atoms with Crippen molar-refractivity contribution in [3.8, 4) is 0 Å². The van der Waals surface area contributed by atoms with E-state index in [2.05, 4.69) is 28.0 Å². The van der Waals surface area contributed by atoms with Gasteiger partial charge in [0.25, 0.3) is 0 Å². The summed E-state index contributed by atoms with van der Waals surface area (Å²) in [5.74, 6) is 0.527. The number of allylic oxidation sites excluding steroid dienone is 3. The first-order valence-electron chi connectivity index (χ1n) is 8.07. The van der Waals surface area contributed by atoms with E-state index in [0.717, 1.165) is 36.2 Å². The molecular weight excluding hydrogens is 274 g/mol. The molecule has 116 valence electrons. The molecule has 0 aromatic carbocycles. The Morgan fingerprint density at radius 2 is 2.00 bits per heavy atom. The molecule has 1 aliphatic heterocycles. The van der Waals surface area contributed by atoms with Crippen LogP contribution >= 0.6 is 0 Å². The van der Waals surface area contributed by atoms with Gasteiger partial charge < -0.3 is 0 Å². The lowest BCUT2D eigenvalue weighted by Crippen LogP contribution is -2.17. The molecule has 0 saturated carbocycles. The smallest absolute Gasteiger partial charge is 0.209 e. The fraction of sp³-hybridized carbons (Fsp3) is 0.444. The molecule has 0 N–H and O–H groups in total. The van der Waals surface area contributed by atoms with Crippen LogP contribution in [-0.2, 0) is 6.42 Å². The van der Waals surface area contributed by atoms with E-state index in [4.69, 9.17) is 0 Å². The van der Waals surface area contributed by atoms with Gasteiger partial charge in [0.05, 0.1) is 11.4 Å². The quantitative estimate of drug-likeness (QED) is 0.777. The Labute approximate surface area is 132 Å². The van der Waals surface area contributed by atoms with Gasteiger partial charge in [-0.05, 0) is 37.7 Å². The summed E-state index contributed by atoms with van der Waals surface area (Å²) in [5, 5.41) is 0. The van der Waals surface area contributed by atoms with Gasteiger partial charge in [0.15, 0.2) is 0 Å². The van der Waals surface area contributed by atoms with Crippen LogP contribution in [0.15, 0.2) is 40.8 Å². The summed E-state index contributed by atoms with van der Waals surface area (Å²) in [6.07, 6.45) is 12.8. The van der Waals surface area contributed by atoms with Gasteiger partial charge >= 0.3 is 0 Å². The normalized spacial score (nSPS) is 21.8. The summed E-state index contributed by atoms with van der Waals surface area (Å²) in [4.78, 5) is 25.2. The molecule has 22 heavy (non-hydrogen) atoms. The highest BCUT2D eigenvalue weighted by Gasteiger charge is 2.24. The van der Waals surface area contributed by atoms with Crippen LogP contribution in [0.4, 0.5) is 0 Å². The molecule has 1 atom stereocenters. The maximum absolute atomic E-state index is 12.4. The van der Waals surface area contributed by atoms with Crippen molar-refractivity contribution in [2.45, 2.75) is 46.5 Å². The molecule has 0 bridgehead atoms. The molecule has 1 aliphatic carbocycles. The average molecular weight is 297 g/mol. The molecular formula is C18H23N3O. The Morgan fingerprint density at radius 1 is 1.23 bits per heavy atom. The Hall–Kier alpha value is -2.10. The van der Waals surface area contributed by atoms with E-state index in [0.29, 0.717) is 18.0 Å². The van der Waals surface area contributed by atoms with E-state index in [-0.39, 0.29) is 5.78 Å². The third-order valence-electron chi connectivity index (χ3n) is 3.81. The molecule has 1 unspecified atom stereocenters. The van der Waals surface area contributed by atoms with E-state index >= 15 is 0 Å². The molecule has 3 rings (SSSR count). The van der Waals surface area contributed by atoms with E-state index in [1.54, 1.807) is 12.4 Å². The number of rotatable bonds is 2. The van der Waals surface area contributed by atoms with Crippen LogP contribution in [-0.4, -0.2) is 22.0 Å².